The van der Waals surface area contributed by atoms with Gasteiger partial charge in [-0.05, 0) is 179 Å². The fraction of sp³-hybridized carbons (Fsp3) is 0.667. The van der Waals surface area contributed by atoms with Gasteiger partial charge in [0.25, 0.3) is 0 Å². The van der Waals surface area contributed by atoms with Crippen LogP contribution in [0.15, 0.2) is 36.4 Å². The molecule has 0 N–H and O–H groups in total. The Morgan fingerprint density at radius 3 is 0.655 bits per heavy atom. The highest BCUT2D eigenvalue weighted by atomic mass is 31.2. The fourth-order valence-corrected chi connectivity index (χ4v) is 9.60. The second kappa shape index (κ2) is 23.5. The lowest BCUT2D eigenvalue weighted by atomic mass is 9.86. The Kier molecular flexibility index (Phi) is 20.2. The lowest BCUT2D eigenvalue weighted by Gasteiger charge is -2.28. The summed E-state index contributed by atoms with van der Waals surface area (Å²) in [6.45, 7) is 42.0. The molecule has 0 unspecified atom stereocenters. The molecule has 0 saturated carbocycles. The Balaban J connectivity index is 2.39. The first kappa shape index (κ1) is 49.8. The standard InChI is InChI=1S/C54H87O3P/c1-34(2)25-43-19-22-52(49(31-40(13)14)46(43)28-37(7)8)55-58(56-53-23-20-44(26-35(3)4)47(29-38(9)10)50(53)32-41(15)16)57-54-24-21-45(27-36(5)6)48(30-39(11)12)51(54)33-42(17)18/h19-24,34-42H,25-33H2,1-18H3. The molecular weight excluding hydrogens is 728 g/mol. The molecule has 0 aliphatic carbocycles. The molecule has 0 saturated heterocycles. The highest BCUT2D eigenvalue weighted by Gasteiger charge is 2.29. The van der Waals surface area contributed by atoms with Gasteiger partial charge in [0.05, 0.1) is 0 Å². The topological polar surface area (TPSA) is 27.7 Å². The minimum atomic E-state index is -1.89. The zero-order valence-electron chi connectivity index (χ0n) is 40.7. The van der Waals surface area contributed by atoms with Gasteiger partial charge < -0.3 is 13.6 Å². The second-order valence-electron chi connectivity index (χ2n) is 21.4. The highest BCUT2D eigenvalue weighted by molar-refractivity contribution is 7.43. The Morgan fingerprint density at radius 1 is 0.276 bits per heavy atom. The maximum atomic E-state index is 7.31. The maximum Gasteiger partial charge on any atom is 0.530 e. The number of rotatable bonds is 24. The first-order valence-corrected chi connectivity index (χ1v) is 24.5. The van der Waals surface area contributed by atoms with E-state index in [0.29, 0.717) is 53.3 Å². The van der Waals surface area contributed by atoms with Gasteiger partial charge in [-0.1, -0.05) is 143 Å². The van der Waals surface area contributed by atoms with E-state index in [1.54, 1.807) is 0 Å². The minimum Gasteiger partial charge on any atom is -0.408 e. The fourth-order valence-electron chi connectivity index (χ4n) is 8.49. The first-order chi connectivity index (χ1) is 27.1. The largest absolute Gasteiger partial charge is 0.530 e. The summed E-state index contributed by atoms with van der Waals surface area (Å²) in [5.41, 5.74) is 12.7. The molecule has 3 nitrogen and oxygen atoms in total. The van der Waals surface area contributed by atoms with E-state index >= 15 is 0 Å². The van der Waals surface area contributed by atoms with Gasteiger partial charge in [-0.15, -0.1) is 0 Å². The zero-order chi connectivity index (χ0) is 43.4. The smallest absolute Gasteiger partial charge is 0.408 e. The highest BCUT2D eigenvalue weighted by Crippen LogP contribution is 2.48. The normalized spacial score (nSPS) is 12.4. The molecule has 0 aliphatic heterocycles. The molecule has 0 spiro atoms. The van der Waals surface area contributed by atoms with Crippen molar-refractivity contribution in [1.29, 1.82) is 0 Å². The van der Waals surface area contributed by atoms with Crippen molar-refractivity contribution in [3.63, 3.8) is 0 Å². The van der Waals surface area contributed by atoms with Crippen LogP contribution >= 0.6 is 8.60 Å². The third kappa shape index (κ3) is 15.8. The molecule has 3 rings (SSSR count). The van der Waals surface area contributed by atoms with Crippen LogP contribution in [0.4, 0.5) is 0 Å². The van der Waals surface area contributed by atoms with E-state index < -0.39 is 8.60 Å². The number of benzene rings is 3. The summed E-state index contributed by atoms with van der Waals surface area (Å²) in [6.07, 6.45) is 9.15. The summed E-state index contributed by atoms with van der Waals surface area (Å²) in [7, 11) is -1.89. The number of hydrogen-bond acceptors (Lipinski definition) is 3. The lowest BCUT2D eigenvalue weighted by molar-refractivity contribution is 0.378. The Labute approximate surface area is 360 Å². The van der Waals surface area contributed by atoms with Gasteiger partial charge in [0, 0.05) is 0 Å². The monoisotopic (exact) mass is 815 g/mol. The van der Waals surface area contributed by atoms with E-state index in [9.17, 15) is 0 Å². The molecule has 0 radical (unpaired) electrons. The zero-order valence-corrected chi connectivity index (χ0v) is 41.6. The average Bonchev–Trinajstić information content (AvgIpc) is 3.07. The Bertz CT molecular complexity index is 1490. The molecular formula is C54H87O3P. The summed E-state index contributed by atoms with van der Waals surface area (Å²) >= 11 is 0. The number of hydrogen-bond donors (Lipinski definition) is 0. The molecule has 0 atom stereocenters. The molecule has 0 amide bonds. The van der Waals surface area contributed by atoms with Crippen molar-refractivity contribution in [2.24, 2.45) is 53.3 Å². The summed E-state index contributed by atoms with van der Waals surface area (Å²) in [4.78, 5) is 0. The van der Waals surface area contributed by atoms with E-state index in [1.807, 2.05) is 0 Å². The van der Waals surface area contributed by atoms with Crippen LogP contribution < -0.4 is 13.6 Å². The van der Waals surface area contributed by atoms with Crippen molar-refractivity contribution in [2.45, 2.75) is 182 Å². The van der Waals surface area contributed by atoms with Crippen molar-refractivity contribution in [2.75, 3.05) is 0 Å². The van der Waals surface area contributed by atoms with Crippen LogP contribution in [0, 0.1) is 53.3 Å². The molecule has 3 aromatic carbocycles. The third-order valence-electron chi connectivity index (χ3n) is 10.5. The molecule has 0 aliphatic rings. The predicted molar refractivity (Wildman–Crippen MR) is 255 cm³/mol. The molecule has 58 heavy (non-hydrogen) atoms. The third-order valence-corrected chi connectivity index (χ3v) is 11.6. The summed E-state index contributed by atoms with van der Waals surface area (Å²) in [5, 5.41) is 0. The van der Waals surface area contributed by atoms with Crippen LogP contribution in [0.25, 0.3) is 0 Å². The SMILES string of the molecule is CC(C)Cc1ccc(OP(Oc2ccc(CC(C)C)c(CC(C)C)c2CC(C)C)Oc2ccc(CC(C)C)c(CC(C)C)c2CC(C)C)c(CC(C)C)c1CC(C)C. The van der Waals surface area contributed by atoms with Crippen LogP contribution in [-0.2, 0) is 57.8 Å². The van der Waals surface area contributed by atoms with E-state index in [-0.39, 0.29) is 0 Å². The minimum absolute atomic E-state index is 0.477. The van der Waals surface area contributed by atoms with Gasteiger partial charge in [-0.2, -0.15) is 0 Å². The molecule has 0 bridgehead atoms. The lowest BCUT2D eigenvalue weighted by Crippen LogP contribution is -2.14. The van der Waals surface area contributed by atoms with Crippen molar-refractivity contribution < 1.29 is 13.6 Å². The van der Waals surface area contributed by atoms with Gasteiger partial charge in [0.2, 0.25) is 0 Å². The van der Waals surface area contributed by atoms with E-state index in [2.05, 4.69) is 161 Å². The van der Waals surface area contributed by atoms with Gasteiger partial charge in [-0.25, -0.2) is 0 Å². The Hall–Kier alpha value is -2.51. The van der Waals surface area contributed by atoms with Gasteiger partial charge in [-0.3, -0.25) is 0 Å². The molecule has 0 aromatic heterocycles. The molecule has 3 aromatic rings. The van der Waals surface area contributed by atoms with Gasteiger partial charge in [0.15, 0.2) is 0 Å². The van der Waals surface area contributed by atoms with Crippen LogP contribution in [0.5, 0.6) is 17.2 Å². The van der Waals surface area contributed by atoms with Crippen molar-refractivity contribution in [3.05, 3.63) is 86.5 Å². The average molecular weight is 815 g/mol. The summed E-state index contributed by atoms with van der Waals surface area (Å²) in [6, 6.07) is 13.7. The molecule has 0 fully saturated rings. The quantitative estimate of drug-likeness (QED) is 0.0843. The maximum absolute atomic E-state index is 7.31. The van der Waals surface area contributed by atoms with Gasteiger partial charge in [0.1, 0.15) is 17.2 Å². The van der Waals surface area contributed by atoms with E-state index in [0.717, 1.165) is 75.0 Å². The second-order valence-corrected chi connectivity index (χ2v) is 22.4. The molecule has 326 valence electrons. The molecule has 0 heterocycles. The Morgan fingerprint density at radius 2 is 0.466 bits per heavy atom. The van der Waals surface area contributed by atoms with Crippen molar-refractivity contribution in [3.8, 4) is 17.2 Å². The van der Waals surface area contributed by atoms with Gasteiger partial charge >= 0.3 is 8.60 Å². The van der Waals surface area contributed by atoms with E-state index in [1.165, 1.54) is 50.1 Å². The van der Waals surface area contributed by atoms with Crippen molar-refractivity contribution >= 4 is 8.60 Å². The van der Waals surface area contributed by atoms with Crippen molar-refractivity contribution in [1.82, 2.24) is 0 Å². The van der Waals surface area contributed by atoms with Crippen LogP contribution in [0.2, 0.25) is 0 Å². The summed E-state index contributed by atoms with van der Waals surface area (Å²) < 4.78 is 21.9. The summed E-state index contributed by atoms with van der Waals surface area (Å²) in [5.74, 6) is 7.49. The first-order valence-electron chi connectivity index (χ1n) is 23.4. The van der Waals surface area contributed by atoms with Crippen LogP contribution in [-0.4, -0.2) is 0 Å². The predicted octanol–water partition coefficient (Wildman–Crippen LogP) is 16.2. The molecule has 4 heteroatoms. The van der Waals surface area contributed by atoms with Crippen LogP contribution in [0.1, 0.15) is 175 Å². The van der Waals surface area contributed by atoms with Crippen LogP contribution in [0.3, 0.4) is 0 Å². The van der Waals surface area contributed by atoms with E-state index in [4.69, 9.17) is 13.6 Å².